The minimum absolute atomic E-state index is 0.0540. The number of amides is 1. The van der Waals surface area contributed by atoms with Crippen molar-refractivity contribution < 1.29 is 4.79 Å². The van der Waals surface area contributed by atoms with Crippen molar-refractivity contribution in [2.45, 2.75) is 6.54 Å². The fourth-order valence-corrected chi connectivity index (χ4v) is 2.20. The van der Waals surface area contributed by atoms with E-state index < -0.39 is 0 Å². The number of carbonyl (C=O) groups is 1. The Bertz CT molecular complexity index is 566. The van der Waals surface area contributed by atoms with Crippen LogP contribution in [0.3, 0.4) is 0 Å². The SMILES string of the molecule is CN(C)C(=O)c1ccc(N)cc1NCc1nccs1. The number of hydrogen-bond donors (Lipinski definition) is 2. The summed E-state index contributed by atoms with van der Waals surface area (Å²) < 4.78 is 0. The first-order chi connectivity index (χ1) is 9.08. The molecule has 0 unspecified atom stereocenters. The molecule has 19 heavy (non-hydrogen) atoms. The van der Waals surface area contributed by atoms with Crippen LogP contribution in [-0.2, 0) is 6.54 Å². The van der Waals surface area contributed by atoms with E-state index in [1.807, 2.05) is 5.38 Å². The van der Waals surface area contributed by atoms with Crippen LogP contribution in [0.1, 0.15) is 15.4 Å². The number of nitrogens with zero attached hydrogens (tertiary/aromatic N) is 2. The Morgan fingerprint density at radius 3 is 2.89 bits per heavy atom. The lowest BCUT2D eigenvalue weighted by Crippen LogP contribution is -2.23. The third kappa shape index (κ3) is 3.23. The third-order valence-electron chi connectivity index (χ3n) is 2.59. The van der Waals surface area contributed by atoms with Gasteiger partial charge in [-0.25, -0.2) is 4.98 Å². The van der Waals surface area contributed by atoms with Crippen LogP contribution in [0.2, 0.25) is 0 Å². The van der Waals surface area contributed by atoms with E-state index in [2.05, 4.69) is 10.3 Å². The summed E-state index contributed by atoms with van der Waals surface area (Å²) in [6.07, 6.45) is 1.76. The monoisotopic (exact) mass is 276 g/mol. The number of anilines is 2. The lowest BCUT2D eigenvalue weighted by molar-refractivity contribution is 0.0828. The van der Waals surface area contributed by atoms with E-state index in [0.717, 1.165) is 10.7 Å². The molecule has 100 valence electrons. The number of rotatable bonds is 4. The Morgan fingerprint density at radius 2 is 2.26 bits per heavy atom. The Hall–Kier alpha value is -2.08. The Kier molecular flexibility index (Phi) is 4.01. The van der Waals surface area contributed by atoms with Crippen molar-refractivity contribution in [3.63, 3.8) is 0 Å². The molecule has 5 nitrogen and oxygen atoms in total. The van der Waals surface area contributed by atoms with Gasteiger partial charge >= 0.3 is 0 Å². The predicted molar refractivity (Wildman–Crippen MR) is 78.3 cm³/mol. The second-order valence-corrected chi connectivity index (χ2v) is 5.26. The number of hydrogen-bond acceptors (Lipinski definition) is 5. The van der Waals surface area contributed by atoms with Gasteiger partial charge in [-0.1, -0.05) is 0 Å². The zero-order valence-corrected chi connectivity index (χ0v) is 11.7. The highest BCUT2D eigenvalue weighted by atomic mass is 32.1. The first-order valence-corrected chi connectivity index (χ1v) is 6.69. The van der Waals surface area contributed by atoms with E-state index in [4.69, 9.17) is 5.73 Å². The van der Waals surface area contributed by atoms with Crippen LogP contribution in [0.4, 0.5) is 11.4 Å². The molecule has 0 aliphatic heterocycles. The molecule has 0 aliphatic rings. The standard InChI is InChI=1S/C13H16N4OS/c1-17(2)13(18)10-4-3-9(14)7-11(10)16-8-12-15-5-6-19-12/h3-7,16H,8,14H2,1-2H3. The first-order valence-electron chi connectivity index (χ1n) is 5.81. The fraction of sp³-hybridized carbons (Fsp3) is 0.231. The maximum atomic E-state index is 12.1. The van der Waals surface area contributed by atoms with Crippen LogP contribution < -0.4 is 11.1 Å². The van der Waals surface area contributed by atoms with Gasteiger partial charge in [0, 0.05) is 37.0 Å². The second-order valence-electron chi connectivity index (χ2n) is 4.28. The molecule has 2 rings (SSSR count). The van der Waals surface area contributed by atoms with E-state index in [-0.39, 0.29) is 5.91 Å². The average molecular weight is 276 g/mol. The van der Waals surface area contributed by atoms with Crippen molar-refractivity contribution in [2.24, 2.45) is 0 Å². The summed E-state index contributed by atoms with van der Waals surface area (Å²) >= 11 is 1.57. The van der Waals surface area contributed by atoms with Gasteiger partial charge in [-0.05, 0) is 18.2 Å². The van der Waals surface area contributed by atoms with Gasteiger partial charge in [-0.2, -0.15) is 0 Å². The van der Waals surface area contributed by atoms with Gasteiger partial charge in [0.25, 0.3) is 5.91 Å². The smallest absolute Gasteiger partial charge is 0.255 e. The number of thiazole rings is 1. The van der Waals surface area contributed by atoms with E-state index in [1.54, 1.807) is 54.7 Å². The highest BCUT2D eigenvalue weighted by molar-refractivity contribution is 7.09. The van der Waals surface area contributed by atoms with Gasteiger partial charge < -0.3 is 16.0 Å². The second kappa shape index (κ2) is 5.71. The Labute approximate surface area is 116 Å². The number of nitrogens with two attached hydrogens (primary N) is 1. The Morgan fingerprint density at radius 1 is 1.47 bits per heavy atom. The van der Waals surface area contributed by atoms with Gasteiger partial charge in [-0.3, -0.25) is 4.79 Å². The summed E-state index contributed by atoms with van der Waals surface area (Å²) in [4.78, 5) is 17.8. The predicted octanol–water partition coefficient (Wildman–Crippen LogP) is 2.04. The summed E-state index contributed by atoms with van der Waals surface area (Å²) in [5.41, 5.74) is 7.73. The molecule has 1 aromatic heterocycles. The van der Waals surface area contributed by atoms with Crippen molar-refractivity contribution in [3.05, 3.63) is 40.3 Å². The fourth-order valence-electron chi connectivity index (χ4n) is 1.65. The molecule has 0 spiro atoms. The minimum Gasteiger partial charge on any atom is -0.399 e. The van der Waals surface area contributed by atoms with Crippen LogP contribution in [0.25, 0.3) is 0 Å². The first kappa shape index (κ1) is 13.4. The van der Waals surface area contributed by atoms with E-state index >= 15 is 0 Å². The molecule has 0 bridgehead atoms. The molecule has 1 aromatic carbocycles. The molecule has 1 amide bonds. The third-order valence-corrected chi connectivity index (χ3v) is 3.37. The summed E-state index contributed by atoms with van der Waals surface area (Å²) in [5.74, 6) is -0.0540. The van der Waals surface area contributed by atoms with E-state index in [9.17, 15) is 4.79 Å². The molecule has 3 N–H and O–H groups in total. The number of carbonyl (C=O) groups excluding carboxylic acids is 1. The molecule has 0 radical (unpaired) electrons. The van der Waals surface area contributed by atoms with Gasteiger partial charge in [0.05, 0.1) is 12.1 Å². The molecule has 0 saturated carbocycles. The zero-order valence-electron chi connectivity index (χ0n) is 10.9. The van der Waals surface area contributed by atoms with Crippen LogP contribution >= 0.6 is 11.3 Å². The zero-order chi connectivity index (χ0) is 13.8. The lowest BCUT2D eigenvalue weighted by atomic mass is 10.1. The van der Waals surface area contributed by atoms with Gasteiger partial charge in [0.1, 0.15) is 5.01 Å². The summed E-state index contributed by atoms with van der Waals surface area (Å²) in [7, 11) is 3.45. The maximum Gasteiger partial charge on any atom is 0.255 e. The normalized spacial score (nSPS) is 10.2. The highest BCUT2D eigenvalue weighted by Gasteiger charge is 2.13. The summed E-state index contributed by atoms with van der Waals surface area (Å²) in [5, 5.41) is 6.10. The van der Waals surface area contributed by atoms with Crippen LogP contribution in [0.5, 0.6) is 0 Å². The van der Waals surface area contributed by atoms with Crippen molar-refractivity contribution in [2.75, 3.05) is 25.1 Å². The number of nitrogens with one attached hydrogen (secondary N) is 1. The lowest BCUT2D eigenvalue weighted by Gasteiger charge is -2.15. The average Bonchev–Trinajstić information content (AvgIpc) is 2.88. The van der Waals surface area contributed by atoms with Gasteiger partial charge in [0.15, 0.2) is 0 Å². The largest absolute Gasteiger partial charge is 0.399 e. The van der Waals surface area contributed by atoms with Crippen molar-refractivity contribution >= 4 is 28.6 Å². The number of nitrogen functional groups attached to an aromatic ring is 1. The molecule has 0 aliphatic carbocycles. The Balaban J connectivity index is 2.22. The molecule has 0 fully saturated rings. The van der Waals surface area contributed by atoms with Crippen LogP contribution in [0.15, 0.2) is 29.8 Å². The molecule has 1 heterocycles. The van der Waals surface area contributed by atoms with Gasteiger partial charge in [0.2, 0.25) is 0 Å². The minimum atomic E-state index is -0.0540. The van der Waals surface area contributed by atoms with Crippen LogP contribution in [0, 0.1) is 0 Å². The van der Waals surface area contributed by atoms with Crippen molar-refractivity contribution in [3.8, 4) is 0 Å². The number of benzene rings is 1. The van der Waals surface area contributed by atoms with Crippen molar-refractivity contribution in [1.82, 2.24) is 9.88 Å². The summed E-state index contributed by atoms with van der Waals surface area (Å²) in [6, 6.07) is 5.23. The number of aromatic nitrogens is 1. The molecular weight excluding hydrogens is 260 g/mol. The quantitative estimate of drug-likeness (QED) is 0.838. The molecular formula is C13H16N4OS. The highest BCUT2D eigenvalue weighted by Crippen LogP contribution is 2.21. The topological polar surface area (TPSA) is 71.2 Å². The van der Waals surface area contributed by atoms with Crippen LogP contribution in [-0.4, -0.2) is 29.9 Å². The molecule has 0 atom stereocenters. The van der Waals surface area contributed by atoms with E-state index in [0.29, 0.717) is 17.8 Å². The molecule has 2 aromatic rings. The molecule has 6 heteroatoms. The van der Waals surface area contributed by atoms with Crippen molar-refractivity contribution in [1.29, 1.82) is 0 Å². The van der Waals surface area contributed by atoms with Gasteiger partial charge in [-0.15, -0.1) is 11.3 Å². The van der Waals surface area contributed by atoms with E-state index in [1.165, 1.54) is 0 Å². The molecule has 0 saturated heterocycles. The maximum absolute atomic E-state index is 12.1. The summed E-state index contributed by atoms with van der Waals surface area (Å²) in [6.45, 7) is 0.578.